The number of hydrogen-bond donors (Lipinski definition) is 2. The number of benzene rings is 3. The molecule has 0 bridgehead atoms. The summed E-state index contributed by atoms with van der Waals surface area (Å²) in [7, 11) is 1.90. The van der Waals surface area contributed by atoms with Gasteiger partial charge in [0.2, 0.25) is 0 Å². The van der Waals surface area contributed by atoms with Gasteiger partial charge in [-0.2, -0.15) is 5.10 Å². The molecule has 3 aromatic heterocycles. The topological polar surface area (TPSA) is 133 Å². The van der Waals surface area contributed by atoms with Crippen molar-refractivity contribution in [2.45, 2.75) is 86.4 Å². The van der Waals surface area contributed by atoms with E-state index in [-0.39, 0.29) is 37.3 Å². The van der Waals surface area contributed by atoms with E-state index in [9.17, 15) is 14.7 Å². The third-order valence-electron chi connectivity index (χ3n) is 11.0. The first-order chi connectivity index (χ1) is 27.9. The second kappa shape index (κ2) is 16.0. The summed E-state index contributed by atoms with van der Waals surface area (Å²) < 4.78 is 17.2. The molecule has 0 aliphatic carbocycles. The number of ether oxygens (including phenoxy) is 2. The van der Waals surface area contributed by atoms with Gasteiger partial charge in [-0.05, 0) is 109 Å². The van der Waals surface area contributed by atoms with Crippen molar-refractivity contribution >= 4 is 68.7 Å². The largest absolute Gasteiger partial charge is 0.494 e. The van der Waals surface area contributed by atoms with E-state index in [1.54, 1.807) is 30.2 Å². The minimum Gasteiger partial charge on any atom is -0.494 e. The van der Waals surface area contributed by atoms with Crippen LogP contribution >= 0.6 is 23.2 Å². The summed E-state index contributed by atoms with van der Waals surface area (Å²) in [5.41, 5.74) is 7.65. The summed E-state index contributed by atoms with van der Waals surface area (Å²) in [4.78, 5) is 42.8. The molecule has 310 valence electrons. The van der Waals surface area contributed by atoms with Crippen LogP contribution in [0.5, 0.6) is 5.75 Å². The molecule has 0 radical (unpaired) electrons. The molecule has 0 fully saturated rings. The smallest absolute Gasteiger partial charge is 0.407 e. The number of aromatic nitrogens is 4. The predicted octanol–water partition coefficient (Wildman–Crippen LogP) is 9.99. The Hall–Kier alpha value is -5.46. The molecule has 1 unspecified atom stereocenters. The molecule has 1 atom stereocenters. The normalized spacial score (nSPS) is 14.3. The quantitative estimate of drug-likeness (QED) is 0.124. The van der Waals surface area contributed by atoms with Crippen molar-refractivity contribution in [2.75, 3.05) is 24.6 Å². The van der Waals surface area contributed by atoms with Crippen molar-refractivity contribution in [1.82, 2.24) is 24.2 Å². The van der Waals surface area contributed by atoms with Crippen LogP contribution in [0.2, 0.25) is 10.0 Å². The zero-order chi connectivity index (χ0) is 42.7. The molecular weight excluding hydrogens is 791 g/mol. The lowest BCUT2D eigenvalue weighted by molar-refractivity contribution is 0.0526. The van der Waals surface area contributed by atoms with Crippen LogP contribution in [-0.2, 0) is 24.8 Å². The summed E-state index contributed by atoms with van der Waals surface area (Å²) in [5, 5.41) is 21.1. The molecule has 2 N–H and O–H groups in total. The van der Waals surface area contributed by atoms with Crippen molar-refractivity contribution in [2.24, 2.45) is 7.05 Å². The highest BCUT2D eigenvalue weighted by atomic mass is 35.5. The number of rotatable bonds is 11. The zero-order valence-corrected chi connectivity index (χ0v) is 36.4. The van der Waals surface area contributed by atoms with Crippen LogP contribution in [0.15, 0.2) is 48.5 Å². The standard InChI is InChI=1S/C45H50Cl2N6O6/c1-24-21-29(22-25(2)37(24)47)58-20-12-14-30-31-16-17-33(46)36(35-27(4)49-50(9)28(35)5)38(31)53-26(3)23-52(42(54)40(30)53)39-32-13-10-11-15-34(32)51(41(39)43(55)56)19-18-48-44(57)59-45(6,7)8/h10-11,13,15-17,21-22,26H,12,14,18-20,23H2,1-9H3,(H,48,57)(H,55,56). The molecule has 1 aliphatic heterocycles. The second-order valence-electron chi connectivity index (χ2n) is 16.4. The first-order valence-electron chi connectivity index (χ1n) is 19.8. The maximum absolute atomic E-state index is 15.4. The van der Waals surface area contributed by atoms with E-state index in [4.69, 9.17) is 37.8 Å². The maximum Gasteiger partial charge on any atom is 0.407 e. The number of para-hydroxylation sites is 1. The molecule has 12 nitrogen and oxygen atoms in total. The fraction of sp³-hybridized carbons (Fsp3) is 0.378. The molecule has 7 rings (SSSR count). The van der Waals surface area contributed by atoms with Crippen LogP contribution in [0.4, 0.5) is 10.5 Å². The highest BCUT2D eigenvalue weighted by molar-refractivity contribution is 6.35. The van der Waals surface area contributed by atoms with Crippen molar-refractivity contribution in [3.8, 4) is 16.9 Å². The maximum atomic E-state index is 15.4. The number of halogens is 2. The Balaban J connectivity index is 1.35. The average molecular weight is 842 g/mol. The van der Waals surface area contributed by atoms with Crippen molar-refractivity contribution in [1.29, 1.82) is 0 Å². The Kier molecular flexibility index (Phi) is 11.3. The second-order valence-corrected chi connectivity index (χ2v) is 17.2. The molecule has 14 heteroatoms. The highest BCUT2D eigenvalue weighted by Gasteiger charge is 2.40. The van der Waals surface area contributed by atoms with Gasteiger partial charge in [0.05, 0.1) is 34.0 Å². The van der Waals surface area contributed by atoms with Crippen LogP contribution in [0.25, 0.3) is 32.9 Å². The number of amides is 2. The van der Waals surface area contributed by atoms with Crippen molar-refractivity contribution in [3.05, 3.63) is 98.0 Å². The fourth-order valence-electron chi connectivity index (χ4n) is 8.51. The molecule has 0 saturated heterocycles. The summed E-state index contributed by atoms with van der Waals surface area (Å²) >= 11 is 13.5. The molecule has 6 aromatic rings. The zero-order valence-electron chi connectivity index (χ0n) is 34.9. The minimum atomic E-state index is -1.19. The van der Waals surface area contributed by atoms with E-state index in [1.165, 1.54) is 0 Å². The molecule has 1 aliphatic rings. The van der Waals surface area contributed by atoms with Gasteiger partial charge in [0.15, 0.2) is 5.69 Å². The number of nitrogens with one attached hydrogen (secondary N) is 1. The van der Waals surface area contributed by atoms with Gasteiger partial charge >= 0.3 is 12.1 Å². The van der Waals surface area contributed by atoms with Gasteiger partial charge in [-0.3, -0.25) is 9.48 Å². The van der Waals surface area contributed by atoms with Gasteiger partial charge in [-0.1, -0.05) is 47.5 Å². The fourth-order valence-corrected chi connectivity index (χ4v) is 8.87. The molecule has 4 heterocycles. The first-order valence-corrected chi connectivity index (χ1v) is 20.5. The number of alkyl carbamates (subject to hydrolysis) is 1. The van der Waals surface area contributed by atoms with E-state index in [0.29, 0.717) is 51.8 Å². The predicted molar refractivity (Wildman–Crippen MR) is 233 cm³/mol. The lowest BCUT2D eigenvalue weighted by Crippen LogP contribution is -2.43. The lowest BCUT2D eigenvalue weighted by atomic mass is 9.98. The number of hydrogen-bond acceptors (Lipinski definition) is 6. The number of carbonyl (C=O) groups is 3. The molecule has 0 saturated carbocycles. The molecule has 3 aromatic carbocycles. The van der Waals surface area contributed by atoms with E-state index >= 15 is 4.79 Å². The number of fused-ring (bicyclic) bond motifs is 4. The summed E-state index contributed by atoms with van der Waals surface area (Å²) in [6, 6.07) is 14.7. The van der Waals surface area contributed by atoms with Crippen molar-refractivity contribution < 1.29 is 29.0 Å². The Labute approximate surface area is 353 Å². The van der Waals surface area contributed by atoms with Gasteiger partial charge in [-0.15, -0.1) is 0 Å². The van der Waals surface area contributed by atoms with Crippen LogP contribution in [0.1, 0.15) is 89.2 Å². The first kappa shape index (κ1) is 41.7. The molecule has 0 spiro atoms. The number of aryl methyl sites for hydroxylation is 5. The van der Waals surface area contributed by atoms with Gasteiger partial charge in [0.1, 0.15) is 17.0 Å². The molecule has 2 amide bonds. The number of aromatic carboxylic acids is 1. The highest BCUT2D eigenvalue weighted by Crippen LogP contribution is 2.46. The number of carboxylic acid groups (broad SMARTS) is 1. The summed E-state index contributed by atoms with van der Waals surface area (Å²) in [6.45, 7) is 16.0. The third-order valence-corrected chi connectivity index (χ3v) is 11.9. The average Bonchev–Trinajstić information content (AvgIpc) is 3.76. The third kappa shape index (κ3) is 7.64. The minimum absolute atomic E-state index is 0.0452. The monoisotopic (exact) mass is 840 g/mol. The Morgan fingerprint density at radius 1 is 1.00 bits per heavy atom. The number of carboxylic acids is 1. The number of carbonyl (C=O) groups excluding carboxylic acids is 2. The van der Waals surface area contributed by atoms with Crippen LogP contribution in [-0.4, -0.2) is 67.3 Å². The number of anilines is 1. The Morgan fingerprint density at radius 2 is 1.69 bits per heavy atom. The summed E-state index contributed by atoms with van der Waals surface area (Å²) in [6.07, 6.45) is 0.473. The van der Waals surface area contributed by atoms with Gasteiger partial charge in [0, 0.05) is 65.3 Å². The Bertz CT molecular complexity index is 2640. The van der Waals surface area contributed by atoms with Gasteiger partial charge < -0.3 is 33.9 Å². The van der Waals surface area contributed by atoms with Gasteiger partial charge in [-0.25, -0.2) is 9.59 Å². The number of nitrogens with zero attached hydrogens (tertiary/aromatic N) is 5. The molecular formula is C45H50Cl2N6O6. The Morgan fingerprint density at radius 3 is 2.34 bits per heavy atom. The van der Waals surface area contributed by atoms with Crippen molar-refractivity contribution in [3.63, 3.8) is 0 Å². The van der Waals surface area contributed by atoms with E-state index < -0.39 is 17.7 Å². The molecule has 59 heavy (non-hydrogen) atoms. The van der Waals surface area contributed by atoms with Gasteiger partial charge in [0.25, 0.3) is 5.91 Å². The van der Waals surface area contributed by atoms with Crippen LogP contribution in [0, 0.1) is 27.7 Å². The lowest BCUT2D eigenvalue weighted by Gasteiger charge is -2.34. The summed E-state index contributed by atoms with van der Waals surface area (Å²) in [5.74, 6) is -0.792. The van der Waals surface area contributed by atoms with Crippen LogP contribution in [0.3, 0.4) is 0 Å². The van der Waals surface area contributed by atoms with E-state index in [2.05, 4.69) is 9.88 Å². The SMILES string of the molecule is Cc1cc(OCCCc2c3n(c4c(-c5c(C)nn(C)c5C)c(Cl)ccc24)C(C)CN(c2c(C(=O)O)n(CCNC(=O)OC(C)(C)C)c4ccccc24)C3=O)cc(C)c1Cl. The van der Waals surface area contributed by atoms with E-state index in [0.717, 1.165) is 55.9 Å². The van der Waals surface area contributed by atoms with Crippen LogP contribution < -0.4 is 15.0 Å². The van der Waals surface area contributed by atoms with E-state index in [1.807, 2.05) is 94.9 Å².